The van der Waals surface area contributed by atoms with Gasteiger partial charge in [-0.15, -0.1) is 0 Å². The van der Waals surface area contributed by atoms with Gasteiger partial charge >= 0.3 is 6.18 Å². The van der Waals surface area contributed by atoms with Gasteiger partial charge in [-0.25, -0.2) is 9.97 Å². The zero-order chi connectivity index (χ0) is 16.4. The van der Waals surface area contributed by atoms with Crippen molar-refractivity contribution in [2.75, 3.05) is 18.6 Å². The molecule has 0 aliphatic rings. The van der Waals surface area contributed by atoms with Crippen molar-refractivity contribution in [3.05, 3.63) is 16.7 Å². The Morgan fingerprint density at radius 3 is 2.18 bits per heavy atom. The lowest BCUT2D eigenvalue weighted by molar-refractivity contribution is -0.137. The van der Waals surface area contributed by atoms with Crippen LogP contribution in [0.25, 0.3) is 11.0 Å². The number of aromatic nitrogens is 2. The molecule has 8 nitrogen and oxygen atoms in total. The summed E-state index contributed by atoms with van der Waals surface area (Å²) in [5, 5.41) is -0.626. The molecule has 0 aliphatic carbocycles. The number of hydrogen-bond donors (Lipinski definition) is 4. The summed E-state index contributed by atoms with van der Waals surface area (Å²) in [6.07, 6.45) is -4.64. The molecule has 1 heterocycles. The van der Waals surface area contributed by atoms with Gasteiger partial charge in [0.05, 0.1) is 28.9 Å². The second-order valence-corrected chi connectivity index (χ2v) is 4.01. The highest BCUT2D eigenvalue weighted by molar-refractivity contribution is 6.35. The number of methoxy groups -OCH3 is 1. The highest BCUT2D eigenvalue weighted by Gasteiger charge is 2.35. The zero-order valence-electron chi connectivity index (χ0n) is 11.2. The minimum absolute atomic E-state index is 0. The Kier molecular flexibility index (Phi) is 6.58. The summed E-state index contributed by atoms with van der Waals surface area (Å²) >= 11 is 5.60. The predicted molar refractivity (Wildman–Crippen MR) is 76.9 cm³/mol. The third kappa shape index (κ3) is 3.57. The third-order valence-electron chi connectivity index (χ3n) is 2.42. The molecule has 10 N–H and O–H groups in total. The molecular weight excluding hydrogens is 329 g/mol. The second kappa shape index (κ2) is 7.26. The Bertz CT molecular complexity index is 667. The van der Waals surface area contributed by atoms with Crippen molar-refractivity contribution in [3.63, 3.8) is 0 Å². The fourth-order valence-corrected chi connectivity index (χ4v) is 1.80. The van der Waals surface area contributed by atoms with Crippen LogP contribution in [0, 0.1) is 0 Å². The number of alkyl halides is 3. The Morgan fingerprint density at radius 2 is 1.73 bits per heavy atom. The van der Waals surface area contributed by atoms with E-state index in [0.717, 1.165) is 6.07 Å². The molecule has 0 atom stereocenters. The minimum atomic E-state index is -4.64. The molecule has 0 aliphatic heterocycles. The molecule has 124 valence electrons. The van der Waals surface area contributed by atoms with Crippen LogP contribution in [0.5, 0.6) is 5.88 Å². The summed E-state index contributed by atoms with van der Waals surface area (Å²) in [4.78, 5) is 7.66. The van der Waals surface area contributed by atoms with Crippen LogP contribution in [-0.2, 0) is 6.18 Å². The molecule has 0 fully saturated rings. The summed E-state index contributed by atoms with van der Waals surface area (Å²) < 4.78 is 43.1. The highest BCUT2D eigenvalue weighted by atomic mass is 35.5. The van der Waals surface area contributed by atoms with Gasteiger partial charge in [-0.1, -0.05) is 11.6 Å². The van der Waals surface area contributed by atoms with Gasteiger partial charge in [-0.05, 0) is 6.07 Å². The van der Waals surface area contributed by atoms with Crippen LogP contribution in [0.3, 0.4) is 0 Å². The number of nitrogen functional groups attached to an aromatic ring is 2. The third-order valence-corrected chi connectivity index (χ3v) is 2.83. The van der Waals surface area contributed by atoms with E-state index in [-0.39, 0.29) is 33.9 Å². The van der Waals surface area contributed by atoms with Crippen molar-refractivity contribution >= 4 is 34.1 Å². The van der Waals surface area contributed by atoms with E-state index in [2.05, 4.69) is 21.7 Å². The molecule has 0 saturated heterocycles. The highest BCUT2D eigenvalue weighted by Crippen LogP contribution is 2.41. The maximum atomic E-state index is 12.8. The lowest BCUT2D eigenvalue weighted by atomic mass is 10.1. The van der Waals surface area contributed by atoms with Gasteiger partial charge < -0.3 is 21.7 Å². The first-order valence-corrected chi connectivity index (χ1v) is 5.63. The average Bonchev–Trinajstić information content (AvgIpc) is 2.44. The molecule has 22 heavy (non-hydrogen) atoms. The molecule has 0 radical (unpaired) electrons. The van der Waals surface area contributed by atoms with E-state index in [9.17, 15) is 13.2 Å². The molecule has 0 spiro atoms. The number of nitrogens with two attached hydrogens (primary N) is 4. The molecule has 12 heteroatoms. The molecule has 0 bridgehead atoms. The van der Waals surface area contributed by atoms with Crippen molar-refractivity contribution < 1.29 is 23.4 Å². The lowest BCUT2D eigenvalue weighted by Crippen LogP contribution is -2.09. The zero-order valence-corrected chi connectivity index (χ0v) is 12.0. The number of fused-ring (bicyclic) bond motifs is 1. The molecule has 1 aromatic carbocycles. The molecular formula is C10H14ClF3N6O2. The van der Waals surface area contributed by atoms with E-state index >= 15 is 0 Å². The maximum absolute atomic E-state index is 12.8. The van der Waals surface area contributed by atoms with Gasteiger partial charge in [0.25, 0.3) is 5.88 Å². The van der Waals surface area contributed by atoms with Gasteiger partial charge in [0.1, 0.15) is 5.52 Å². The van der Waals surface area contributed by atoms with Crippen molar-refractivity contribution in [1.82, 2.24) is 9.97 Å². The van der Waals surface area contributed by atoms with Crippen LogP contribution in [0.1, 0.15) is 5.56 Å². The largest absolute Gasteiger partial charge is 0.478 e. The van der Waals surface area contributed by atoms with E-state index in [1.807, 2.05) is 0 Å². The van der Waals surface area contributed by atoms with Crippen LogP contribution in [0.4, 0.5) is 24.7 Å². The van der Waals surface area contributed by atoms with Crippen LogP contribution in [-0.4, -0.2) is 22.6 Å². The first-order chi connectivity index (χ1) is 9.75. The van der Waals surface area contributed by atoms with E-state index in [1.54, 1.807) is 0 Å². The summed E-state index contributed by atoms with van der Waals surface area (Å²) in [7, 11) is 1.27. The lowest BCUT2D eigenvalue weighted by Gasteiger charge is -2.13. The molecule has 0 amide bonds. The van der Waals surface area contributed by atoms with Gasteiger partial charge in [0.2, 0.25) is 0 Å². The van der Waals surface area contributed by atoms with Crippen molar-refractivity contribution in [2.24, 2.45) is 11.7 Å². The smallest absolute Gasteiger partial charge is 0.418 e. The molecule has 0 unspecified atom stereocenters. The van der Waals surface area contributed by atoms with E-state index < -0.39 is 16.8 Å². The first-order valence-electron chi connectivity index (χ1n) is 5.25. The Balaban J connectivity index is 0.00000141. The number of hydrogen-bond acceptors (Lipinski definition) is 7. The van der Waals surface area contributed by atoms with Gasteiger partial charge in [0, 0.05) is 0 Å². The van der Waals surface area contributed by atoms with E-state index in [4.69, 9.17) is 27.8 Å². The number of benzene rings is 1. The molecule has 2 aromatic rings. The number of rotatable bonds is 1. The number of halogens is 4. The number of nitrogens with zero attached hydrogens (tertiary/aromatic N) is 2. The summed E-state index contributed by atoms with van der Waals surface area (Å²) in [5.74, 6) is 7.83. The Hall–Kier alpha value is -2.08. The second-order valence-electron chi connectivity index (χ2n) is 3.64. The average molecular weight is 343 g/mol. The standard InChI is InChI=1S/C10H8ClF3N4O.H4N2.H2O/c1-19-9-8(16)18-7-4(17-9)2-3(10(12,13)14)5(11)6(7)15;1-2;/h2H,15H2,1H3,(H2,16,18);1-2H2;1H2. The monoisotopic (exact) mass is 342 g/mol. The fraction of sp³-hybridized carbons (Fsp3) is 0.200. The van der Waals surface area contributed by atoms with E-state index in [1.165, 1.54) is 7.11 Å². The maximum Gasteiger partial charge on any atom is 0.418 e. The summed E-state index contributed by atoms with van der Waals surface area (Å²) in [5.41, 5.74) is 9.56. The van der Waals surface area contributed by atoms with Crippen LogP contribution in [0.2, 0.25) is 5.02 Å². The van der Waals surface area contributed by atoms with Crippen LogP contribution in [0.15, 0.2) is 6.07 Å². The van der Waals surface area contributed by atoms with Crippen molar-refractivity contribution in [3.8, 4) is 5.88 Å². The summed E-state index contributed by atoms with van der Waals surface area (Å²) in [6, 6.07) is 0.753. The van der Waals surface area contributed by atoms with Gasteiger partial charge in [-0.2, -0.15) is 13.2 Å². The van der Waals surface area contributed by atoms with Gasteiger partial charge in [0.15, 0.2) is 5.82 Å². The SMILES string of the molecule is COc1nc2cc(C(F)(F)F)c(Cl)c(N)c2nc1N.NN.O. The molecule has 0 saturated carbocycles. The number of anilines is 2. The quantitative estimate of drug-likeness (QED) is 0.331. The van der Waals surface area contributed by atoms with Crippen LogP contribution < -0.4 is 27.9 Å². The van der Waals surface area contributed by atoms with E-state index in [0.29, 0.717) is 0 Å². The summed E-state index contributed by atoms with van der Waals surface area (Å²) in [6.45, 7) is 0. The Morgan fingerprint density at radius 1 is 1.18 bits per heavy atom. The number of ether oxygens (including phenoxy) is 1. The predicted octanol–water partition coefficient (Wildman–Crippen LogP) is 0.469. The van der Waals surface area contributed by atoms with Crippen LogP contribution >= 0.6 is 11.6 Å². The molecule has 2 rings (SSSR count). The van der Waals surface area contributed by atoms with Crippen molar-refractivity contribution in [1.29, 1.82) is 0 Å². The number of hydrazine groups is 1. The Labute approximate surface area is 127 Å². The fourth-order valence-electron chi connectivity index (χ4n) is 1.55. The first kappa shape index (κ1) is 19.9. The topological polar surface area (TPSA) is 171 Å². The van der Waals surface area contributed by atoms with Gasteiger partial charge in [-0.3, -0.25) is 11.7 Å². The minimum Gasteiger partial charge on any atom is -0.478 e. The van der Waals surface area contributed by atoms with Crippen molar-refractivity contribution in [2.45, 2.75) is 6.18 Å². The molecule has 1 aromatic heterocycles. The normalized spacial score (nSPS) is 10.5.